The molecule has 0 amide bonds. The fourth-order valence-corrected chi connectivity index (χ4v) is 2.39. The molecule has 0 atom stereocenters. The lowest BCUT2D eigenvalue weighted by Gasteiger charge is -2.19. The number of hydrogen-bond donors (Lipinski definition) is 1. The number of H-pyrrole nitrogens is 1. The Hall–Kier alpha value is -2.82. The highest BCUT2D eigenvalue weighted by Gasteiger charge is 2.18. The lowest BCUT2D eigenvalue weighted by molar-refractivity contribution is 0.00696. The number of benzene rings is 2. The van der Waals surface area contributed by atoms with Crippen LogP contribution in [0.1, 0.15) is 31.1 Å². The minimum Gasteiger partial charge on any atom is -0.456 e. The molecule has 0 spiro atoms. The van der Waals surface area contributed by atoms with Gasteiger partial charge in [-0.15, -0.1) is 0 Å². The minimum absolute atomic E-state index is 0.212. The molecule has 23 heavy (non-hydrogen) atoms. The first-order valence-corrected chi connectivity index (χ1v) is 7.39. The summed E-state index contributed by atoms with van der Waals surface area (Å²) in [4.78, 5) is 27.0. The summed E-state index contributed by atoms with van der Waals surface area (Å²) in [5.41, 5.74) is 1.97. The second-order valence-corrected chi connectivity index (χ2v) is 6.33. The van der Waals surface area contributed by atoms with E-state index in [9.17, 15) is 9.59 Å². The van der Waals surface area contributed by atoms with E-state index in [1.165, 1.54) is 0 Å². The summed E-state index contributed by atoms with van der Waals surface area (Å²) in [6, 6.07) is 14.3. The number of nitrogens with zero attached hydrogens (tertiary/aromatic N) is 1. The molecule has 3 rings (SSSR count). The summed E-state index contributed by atoms with van der Waals surface area (Å²) in [7, 11) is 0. The molecule has 0 bridgehead atoms. The third-order valence-electron chi connectivity index (χ3n) is 3.35. The topological polar surface area (TPSA) is 64.1 Å². The van der Waals surface area contributed by atoms with Crippen molar-refractivity contribution < 1.29 is 9.53 Å². The fourth-order valence-electron chi connectivity index (χ4n) is 2.39. The van der Waals surface area contributed by atoms with Crippen LogP contribution < -0.4 is 5.69 Å². The Kier molecular flexibility index (Phi) is 3.56. The van der Waals surface area contributed by atoms with Gasteiger partial charge in [0.15, 0.2) is 0 Å². The summed E-state index contributed by atoms with van der Waals surface area (Å²) >= 11 is 0. The van der Waals surface area contributed by atoms with Crippen LogP contribution in [-0.2, 0) is 4.74 Å². The molecule has 1 N–H and O–H groups in total. The molecule has 0 aliphatic heterocycles. The van der Waals surface area contributed by atoms with E-state index in [-0.39, 0.29) is 11.7 Å². The number of hydrogen-bond acceptors (Lipinski definition) is 3. The molecule has 2 aromatic carbocycles. The van der Waals surface area contributed by atoms with Gasteiger partial charge in [0, 0.05) is 0 Å². The molecular formula is C18H18N2O3. The summed E-state index contributed by atoms with van der Waals surface area (Å²) in [5.74, 6) is -0.379. The van der Waals surface area contributed by atoms with Gasteiger partial charge in [-0.05, 0) is 57.2 Å². The Balaban J connectivity index is 1.97. The molecule has 3 aromatic rings. The number of esters is 1. The highest BCUT2D eigenvalue weighted by atomic mass is 16.6. The summed E-state index contributed by atoms with van der Waals surface area (Å²) in [6.45, 7) is 5.47. The third-order valence-corrected chi connectivity index (χ3v) is 3.35. The molecule has 1 aromatic heterocycles. The van der Waals surface area contributed by atoms with E-state index in [1.807, 2.05) is 45.0 Å². The Morgan fingerprint density at radius 3 is 2.35 bits per heavy atom. The first-order valence-electron chi connectivity index (χ1n) is 7.39. The van der Waals surface area contributed by atoms with Gasteiger partial charge in [-0.3, -0.25) is 4.57 Å². The Bertz CT molecular complexity index is 912. The smallest absolute Gasteiger partial charge is 0.338 e. The van der Waals surface area contributed by atoms with Crippen LogP contribution in [0.4, 0.5) is 0 Å². The van der Waals surface area contributed by atoms with Gasteiger partial charge in [0.25, 0.3) is 0 Å². The first kappa shape index (κ1) is 15.1. The molecule has 5 nitrogen and oxygen atoms in total. The zero-order valence-electron chi connectivity index (χ0n) is 13.3. The fraction of sp³-hybridized carbons (Fsp3) is 0.222. The van der Waals surface area contributed by atoms with Gasteiger partial charge in [-0.2, -0.15) is 0 Å². The van der Waals surface area contributed by atoms with Crippen molar-refractivity contribution in [3.8, 4) is 5.69 Å². The highest BCUT2D eigenvalue weighted by molar-refractivity contribution is 5.90. The quantitative estimate of drug-likeness (QED) is 0.739. The van der Waals surface area contributed by atoms with Crippen LogP contribution in [0.15, 0.2) is 53.3 Å². The van der Waals surface area contributed by atoms with E-state index < -0.39 is 5.60 Å². The van der Waals surface area contributed by atoms with Gasteiger partial charge in [0.05, 0.1) is 22.3 Å². The normalized spacial score (nSPS) is 11.6. The van der Waals surface area contributed by atoms with Crippen molar-refractivity contribution in [1.29, 1.82) is 0 Å². The average molecular weight is 310 g/mol. The van der Waals surface area contributed by atoms with Gasteiger partial charge in [-0.1, -0.05) is 12.1 Å². The van der Waals surface area contributed by atoms with Gasteiger partial charge in [-0.25, -0.2) is 9.59 Å². The van der Waals surface area contributed by atoms with Crippen LogP contribution in [0.2, 0.25) is 0 Å². The van der Waals surface area contributed by atoms with E-state index in [4.69, 9.17) is 4.74 Å². The summed E-state index contributed by atoms with van der Waals surface area (Å²) in [6.07, 6.45) is 0. The average Bonchev–Trinajstić information content (AvgIpc) is 2.81. The van der Waals surface area contributed by atoms with Crippen LogP contribution in [0, 0.1) is 0 Å². The molecule has 0 aliphatic carbocycles. The van der Waals surface area contributed by atoms with Crippen molar-refractivity contribution in [3.63, 3.8) is 0 Å². The van der Waals surface area contributed by atoms with E-state index >= 15 is 0 Å². The first-order chi connectivity index (χ1) is 10.8. The standard InChI is InChI=1S/C18H18N2O3/c1-18(2,3)23-16(21)12-8-10-13(11-9-12)20-15-7-5-4-6-14(15)19-17(20)22/h4-11H,1-3H3,(H,19,22). The van der Waals surface area contributed by atoms with Gasteiger partial charge < -0.3 is 9.72 Å². The van der Waals surface area contributed by atoms with Crippen LogP contribution in [0.25, 0.3) is 16.7 Å². The van der Waals surface area contributed by atoms with Crippen molar-refractivity contribution in [2.45, 2.75) is 26.4 Å². The zero-order chi connectivity index (χ0) is 16.6. The largest absolute Gasteiger partial charge is 0.456 e. The number of para-hydroxylation sites is 2. The number of imidazole rings is 1. The van der Waals surface area contributed by atoms with Gasteiger partial charge in [0.1, 0.15) is 5.60 Å². The van der Waals surface area contributed by atoms with E-state index in [0.29, 0.717) is 11.3 Å². The maximum absolute atomic E-state index is 12.2. The van der Waals surface area contributed by atoms with Gasteiger partial charge >= 0.3 is 11.7 Å². The molecule has 1 heterocycles. The van der Waals surface area contributed by atoms with Crippen LogP contribution in [0.5, 0.6) is 0 Å². The molecule has 5 heteroatoms. The predicted octanol–water partition coefficient (Wildman–Crippen LogP) is 3.27. The second-order valence-electron chi connectivity index (χ2n) is 6.33. The zero-order valence-corrected chi connectivity index (χ0v) is 13.3. The molecule has 0 fully saturated rings. The molecule has 118 valence electrons. The molecular weight excluding hydrogens is 292 g/mol. The van der Waals surface area contributed by atoms with E-state index in [2.05, 4.69) is 4.98 Å². The van der Waals surface area contributed by atoms with Crippen molar-refractivity contribution >= 4 is 17.0 Å². The number of nitrogens with one attached hydrogen (secondary N) is 1. The second kappa shape index (κ2) is 5.43. The minimum atomic E-state index is -0.538. The summed E-state index contributed by atoms with van der Waals surface area (Å²) in [5, 5.41) is 0. The van der Waals surface area contributed by atoms with Crippen molar-refractivity contribution in [2.75, 3.05) is 0 Å². The summed E-state index contributed by atoms with van der Waals surface area (Å²) < 4.78 is 6.91. The lowest BCUT2D eigenvalue weighted by Crippen LogP contribution is -2.23. The van der Waals surface area contributed by atoms with Crippen molar-refractivity contribution in [2.24, 2.45) is 0 Å². The van der Waals surface area contributed by atoms with E-state index in [0.717, 1.165) is 11.0 Å². The molecule has 0 saturated heterocycles. The SMILES string of the molecule is CC(C)(C)OC(=O)c1ccc(-n2c(=O)[nH]c3ccccc32)cc1. The number of ether oxygens (including phenoxy) is 1. The highest BCUT2D eigenvalue weighted by Crippen LogP contribution is 2.17. The van der Waals surface area contributed by atoms with Crippen LogP contribution in [0.3, 0.4) is 0 Å². The van der Waals surface area contributed by atoms with E-state index in [1.54, 1.807) is 28.8 Å². The number of aromatic nitrogens is 2. The molecule has 0 unspecified atom stereocenters. The predicted molar refractivity (Wildman–Crippen MR) is 89.1 cm³/mol. The molecule has 0 saturated carbocycles. The van der Waals surface area contributed by atoms with Crippen molar-refractivity contribution in [3.05, 3.63) is 64.6 Å². The number of aromatic amines is 1. The van der Waals surface area contributed by atoms with Crippen LogP contribution in [-0.4, -0.2) is 21.1 Å². The number of carbonyl (C=O) groups is 1. The number of carbonyl (C=O) groups excluding carboxylic acids is 1. The maximum Gasteiger partial charge on any atom is 0.338 e. The molecule has 0 aliphatic rings. The monoisotopic (exact) mass is 310 g/mol. The van der Waals surface area contributed by atoms with Crippen molar-refractivity contribution in [1.82, 2.24) is 9.55 Å². The van der Waals surface area contributed by atoms with Crippen LogP contribution >= 0.6 is 0 Å². The maximum atomic E-state index is 12.2. The van der Waals surface area contributed by atoms with Gasteiger partial charge in [0.2, 0.25) is 0 Å². The lowest BCUT2D eigenvalue weighted by atomic mass is 10.1. The molecule has 0 radical (unpaired) electrons. The Labute approximate surface area is 133 Å². The number of rotatable bonds is 2. The Morgan fingerprint density at radius 1 is 1.04 bits per heavy atom. The number of fused-ring (bicyclic) bond motifs is 1. The third kappa shape index (κ3) is 3.04. The Morgan fingerprint density at radius 2 is 1.70 bits per heavy atom.